The van der Waals surface area contributed by atoms with Crippen molar-refractivity contribution in [2.45, 2.75) is 52.2 Å². The second kappa shape index (κ2) is 8.57. The summed E-state index contributed by atoms with van der Waals surface area (Å²) in [6, 6.07) is 8.58. The molecule has 0 aliphatic rings. The molecule has 1 aromatic carbocycles. The number of rotatable bonds is 6. The molecule has 0 saturated heterocycles. The van der Waals surface area contributed by atoms with Crippen molar-refractivity contribution in [2.75, 3.05) is 13.1 Å². The van der Waals surface area contributed by atoms with Crippen LogP contribution in [0.25, 0.3) is 0 Å². The Bertz CT molecular complexity index is 754. The molecule has 1 aromatic heterocycles. The molecule has 2 aromatic rings. The van der Waals surface area contributed by atoms with Crippen molar-refractivity contribution in [2.24, 2.45) is 12.0 Å². The Morgan fingerprint density at radius 2 is 1.78 bits per heavy atom. The first-order valence-corrected chi connectivity index (χ1v) is 9.45. The Morgan fingerprint density at radius 3 is 2.30 bits per heavy atom. The van der Waals surface area contributed by atoms with Gasteiger partial charge >= 0.3 is 0 Å². The minimum atomic E-state index is -1.03. The summed E-state index contributed by atoms with van der Waals surface area (Å²) in [6.45, 7) is 12.1. The smallest absolute Gasteiger partial charge is 0.191 e. The average Bonchev–Trinajstić information content (AvgIpc) is 3.04. The number of hydrogen-bond donors (Lipinski definition) is 3. The van der Waals surface area contributed by atoms with Gasteiger partial charge in [0, 0.05) is 25.4 Å². The number of aliphatic imine (C=N–C) groups is 1. The van der Waals surface area contributed by atoms with Gasteiger partial charge in [-0.05, 0) is 30.4 Å². The van der Waals surface area contributed by atoms with Gasteiger partial charge in [0.15, 0.2) is 5.96 Å². The summed E-state index contributed by atoms with van der Waals surface area (Å²) in [4.78, 5) is 4.64. The van der Waals surface area contributed by atoms with Crippen LogP contribution in [0, 0.1) is 0 Å². The van der Waals surface area contributed by atoms with E-state index in [4.69, 9.17) is 0 Å². The molecule has 1 atom stereocenters. The molecule has 27 heavy (non-hydrogen) atoms. The highest BCUT2D eigenvalue weighted by molar-refractivity contribution is 5.79. The third kappa shape index (κ3) is 6.10. The normalized spacial score (nSPS) is 14.7. The van der Waals surface area contributed by atoms with Gasteiger partial charge in [-0.3, -0.25) is 4.68 Å². The maximum atomic E-state index is 10.7. The van der Waals surface area contributed by atoms with Gasteiger partial charge in [-0.25, -0.2) is 4.99 Å². The lowest BCUT2D eigenvalue weighted by molar-refractivity contribution is 0.0616. The molecule has 2 rings (SSSR count). The van der Waals surface area contributed by atoms with E-state index in [1.54, 1.807) is 17.8 Å². The Labute approximate surface area is 162 Å². The first kappa shape index (κ1) is 21.0. The molecule has 6 nitrogen and oxygen atoms in total. The lowest BCUT2D eigenvalue weighted by Crippen LogP contribution is -2.44. The van der Waals surface area contributed by atoms with E-state index in [1.165, 1.54) is 5.56 Å². The Hall–Kier alpha value is -2.34. The average molecular weight is 372 g/mol. The van der Waals surface area contributed by atoms with Crippen molar-refractivity contribution in [3.05, 3.63) is 53.3 Å². The van der Waals surface area contributed by atoms with E-state index in [2.05, 4.69) is 65.8 Å². The second-order valence-corrected chi connectivity index (χ2v) is 8.17. The molecule has 1 heterocycles. The molecular weight excluding hydrogens is 338 g/mol. The van der Waals surface area contributed by atoms with Gasteiger partial charge in [-0.1, -0.05) is 45.0 Å². The summed E-state index contributed by atoms with van der Waals surface area (Å²) < 4.78 is 1.68. The standard InChI is InChI=1S/C21H33N5O/c1-7-22-19(24-15-21(5,27)18-13-25-26(6)14-18)23-12-16-8-10-17(11-9-16)20(2,3)4/h8-11,13-14,27H,7,12,15H2,1-6H3,(H2,22,23,24). The van der Waals surface area contributed by atoms with Crippen LogP contribution in [0.5, 0.6) is 0 Å². The molecule has 148 valence electrons. The summed E-state index contributed by atoms with van der Waals surface area (Å²) in [7, 11) is 1.84. The monoisotopic (exact) mass is 371 g/mol. The van der Waals surface area contributed by atoms with Crippen molar-refractivity contribution in [3.63, 3.8) is 0 Å². The zero-order valence-electron chi connectivity index (χ0n) is 17.4. The third-order valence-electron chi connectivity index (χ3n) is 4.51. The molecule has 0 aliphatic carbocycles. The largest absolute Gasteiger partial charge is 0.383 e. The van der Waals surface area contributed by atoms with Crippen molar-refractivity contribution >= 4 is 5.96 Å². The van der Waals surface area contributed by atoms with E-state index in [1.807, 2.05) is 20.2 Å². The molecule has 0 radical (unpaired) electrons. The number of hydrogen-bond acceptors (Lipinski definition) is 3. The summed E-state index contributed by atoms with van der Waals surface area (Å²) in [5.74, 6) is 0.682. The van der Waals surface area contributed by atoms with Crippen molar-refractivity contribution in [3.8, 4) is 0 Å². The molecule has 1 unspecified atom stereocenters. The predicted octanol–water partition coefficient (Wildman–Crippen LogP) is 2.68. The fourth-order valence-electron chi connectivity index (χ4n) is 2.68. The van der Waals surface area contributed by atoms with Crippen LogP contribution in [0.15, 0.2) is 41.7 Å². The summed E-state index contributed by atoms with van der Waals surface area (Å²) in [5, 5.41) is 21.3. The third-order valence-corrected chi connectivity index (χ3v) is 4.51. The molecule has 0 saturated carbocycles. The topological polar surface area (TPSA) is 74.5 Å². The Morgan fingerprint density at radius 1 is 1.11 bits per heavy atom. The fourth-order valence-corrected chi connectivity index (χ4v) is 2.68. The van der Waals surface area contributed by atoms with Crippen LogP contribution in [0.1, 0.15) is 51.3 Å². The number of benzene rings is 1. The molecular formula is C21H33N5O. The van der Waals surface area contributed by atoms with Crippen LogP contribution in [-0.2, 0) is 24.6 Å². The number of nitrogens with zero attached hydrogens (tertiary/aromatic N) is 3. The van der Waals surface area contributed by atoms with Crippen molar-refractivity contribution < 1.29 is 5.11 Å². The maximum Gasteiger partial charge on any atom is 0.191 e. The van der Waals surface area contributed by atoms with Gasteiger partial charge in [0.05, 0.1) is 19.3 Å². The highest BCUT2D eigenvalue weighted by Gasteiger charge is 2.25. The van der Waals surface area contributed by atoms with E-state index in [-0.39, 0.29) is 5.41 Å². The van der Waals surface area contributed by atoms with Crippen molar-refractivity contribution in [1.82, 2.24) is 20.4 Å². The molecule has 0 spiro atoms. The molecule has 0 bridgehead atoms. The van der Waals surface area contributed by atoms with Gasteiger partial charge in [-0.15, -0.1) is 0 Å². The van der Waals surface area contributed by atoms with Crippen LogP contribution in [-0.4, -0.2) is 33.9 Å². The summed E-state index contributed by atoms with van der Waals surface area (Å²) >= 11 is 0. The van der Waals surface area contributed by atoms with E-state index < -0.39 is 5.60 Å². The molecule has 3 N–H and O–H groups in total. The zero-order valence-corrected chi connectivity index (χ0v) is 17.4. The number of aryl methyl sites for hydroxylation is 1. The SMILES string of the molecule is CCNC(=NCc1ccc(C(C)(C)C)cc1)NCC(C)(O)c1cnn(C)c1. The summed E-state index contributed by atoms with van der Waals surface area (Å²) in [5.41, 5.74) is 2.35. The van der Waals surface area contributed by atoms with Gasteiger partial charge in [0.2, 0.25) is 0 Å². The lowest BCUT2D eigenvalue weighted by atomic mass is 9.87. The number of guanidine groups is 1. The second-order valence-electron chi connectivity index (χ2n) is 8.17. The predicted molar refractivity (Wildman–Crippen MR) is 111 cm³/mol. The molecule has 6 heteroatoms. The highest BCUT2D eigenvalue weighted by Crippen LogP contribution is 2.22. The van der Waals surface area contributed by atoms with Crippen LogP contribution in [0.3, 0.4) is 0 Å². The summed E-state index contributed by atoms with van der Waals surface area (Å²) in [6.07, 6.45) is 3.51. The number of nitrogens with one attached hydrogen (secondary N) is 2. The van der Waals surface area contributed by atoms with Crippen LogP contribution in [0.2, 0.25) is 0 Å². The quantitative estimate of drug-likeness (QED) is 0.539. The van der Waals surface area contributed by atoms with Gasteiger partial charge in [-0.2, -0.15) is 5.10 Å². The number of aliphatic hydroxyl groups is 1. The molecule has 0 amide bonds. The number of aromatic nitrogens is 2. The maximum absolute atomic E-state index is 10.7. The lowest BCUT2D eigenvalue weighted by Gasteiger charge is -2.23. The highest BCUT2D eigenvalue weighted by atomic mass is 16.3. The van der Waals surface area contributed by atoms with E-state index in [0.29, 0.717) is 19.0 Å². The van der Waals surface area contributed by atoms with Crippen molar-refractivity contribution in [1.29, 1.82) is 0 Å². The first-order chi connectivity index (χ1) is 12.6. The van der Waals surface area contributed by atoms with Crippen LogP contribution in [0.4, 0.5) is 0 Å². The minimum absolute atomic E-state index is 0.149. The van der Waals surface area contributed by atoms with Crippen LogP contribution < -0.4 is 10.6 Å². The van der Waals surface area contributed by atoms with Gasteiger partial charge < -0.3 is 15.7 Å². The molecule has 0 aliphatic heterocycles. The van der Waals surface area contributed by atoms with Gasteiger partial charge in [0.25, 0.3) is 0 Å². The minimum Gasteiger partial charge on any atom is -0.383 e. The Kier molecular flexibility index (Phi) is 6.65. The van der Waals surface area contributed by atoms with E-state index in [0.717, 1.165) is 17.7 Å². The van der Waals surface area contributed by atoms with E-state index >= 15 is 0 Å². The Balaban J connectivity index is 2.01. The van der Waals surface area contributed by atoms with Gasteiger partial charge in [0.1, 0.15) is 5.60 Å². The first-order valence-electron chi connectivity index (χ1n) is 9.45. The van der Waals surface area contributed by atoms with E-state index in [9.17, 15) is 5.11 Å². The van der Waals surface area contributed by atoms with Crippen LogP contribution >= 0.6 is 0 Å². The zero-order chi connectivity index (χ0) is 20.1. The fraction of sp³-hybridized carbons (Fsp3) is 0.524. The molecule has 0 fully saturated rings.